The first-order valence-corrected chi connectivity index (χ1v) is 11.7. The van der Waals surface area contributed by atoms with Gasteiger partial charge in [-0.25, -0.2) is 13.2 Å². The van der Waals surface area contributed by atoms with Crippen molar-refractivity contribution in [3.05, 3.63) is 46.7 Å². The van der Waals surface area contributed by atoms with E-state index >= 15 is 0 Å². The molecule has 1 fully saturated rings. The van der Waals surface area contributed by atoms with E-state index in [1.54, 1.807) is 16.8 Å². The van der Waals surface area contributed by atoms with Crippen LogP contribution in [0.15, 0.2) is 46.0 Å². The SMILES string of the molecule is CC1CC(C)CN(S(=O)(=O)c2ccc(NC(=O)COC(=O)c3ccsc3)cc2)C1. The van der Waals surface area contributed by atoms with Crippen LogP contribution >= 0.6 is 11.3 Å². The fourth-order valence-electron chi connectivity index (χ4n) is 3.45. The highest BCUT2D eigenvalue weighted by atomic mass is 32.2. The maximum atomic E-state index is 12.9. The molecule has 1 amide bonds. The largest absolute Gasteiger partial charge is 0.452 e. The molecule has 3 rings (SSSR count). The summed E-state index contributed by atoms with van der Waals surface area (Å²) in [6.45, 7) is 4.73. The van der Waals surface area contributed by atoms with E-state index in [4.69, 9.17) is 4.74 Å². The van der Waals surface area contributed by atoms with Gasteiger partial charge in [-0.15, -0.1) is 0 Å². The lowest BCUT2D eigenvalue weighted by Gasteiger charge is -2.34. The molecule has 0 spiro atoms. The third-order valence-electron chi connectivity index (χ3n) is 4.70. The summed E-state index contributed by atoms with van der Waals surface area (Å²) in [5.41, 5.74) is 0.833. The Morgan fingerprint density at radius 1 is 1.14 bits per heavy atom. The molecule has 156 valence electrons. The highest BCUT2D eigenvalue weighted by Gasteiger charge is 2.31. The van der Waals surface area contributed by atoms with Crippen molar-refractivity contribution < 1.29 is 22.7 Å². The Labute approximate surface area is 174 Å². The Hall–Kier alpha value is -2.23. The molecule has 0 bridgehead atoms. The van der Waals surface area contributed by atoms with Gasteiger partial charge in [0.2, 0.25) is 10.0 Å². The van der Waals surface area contributed by atoms with Crippen LogP contribution in [-0.4, -0.2) is 44.3 Å². The monoisotopic (exact) mass is 436 g/mol. The molecule has 1 N–H and O–H groups in total. The van der Waals surface area contributed by atoms with Gasteiger partial charge in [0.1, 0.15) is 0 Å². The van der Waals surface area contributed by atoms with Crippen molar-refractivity contribution in [3.63, 3.8) is 0 Å². The third kappa shape index (κ3) is 5.43. The van der Waals surface area contributed by atoms with Gasteiger partial charge in [-0.3, -0.25) is 4.79 Å². The van der Waals surface area contributed by atoms with Crippen LogP contribution in [0.4, 0.5) is 5.69 Å². The van der Waals surface area contributed by atoms with Gasteiger partial charge in [0.05, 0.1) is 10.5 Å². The van der Waals surface area contributed by atoms with Gasteiger partial charge >= 0.3 is 5.97 Å². The average Bonchev–Trinajstić information content (AvgIpc) is 3.21. The minimum Gasteiger partial charge on any atom is -0.452 e. The number of anilines is 1. The molecule has 0 saturated carbocycles. The number of carbonyl (C=O) groups excluding carboxylic acids is 2. The molecule has 1 aliphatic heterocycles. The molecule has 1 saturated heterocycles. The molecular formula is C20H24N2O5S2. The summed E-state index contributed by atoms with van der Waals surface area (Å²) < 4.78 is 32.2. The maximum absolute atomic E-state index is 12.9. The van der Waals surface area contributed by atoms with Crippen LogP contribution in [0.3, 0.4) is 0 Å². The van der Waals surface area contributed by atoms with Crippen molar-refractivity contribution in [2.45, 2.75) is 25.2 Å². The van der Waals surface area contributed by atoms with Crippen LogP contribution < -0.4 is 5.32 Å². The molecule has 2 aromatic rings. The molecule has 2 unspecified atom stereocenters. The molecule has 7 nitrogen and oxygen atoms in total. The molecular weight excluding hydrogens is 412 g/mol. The summed E-state index contributed by atoms with van der Waals surface area (Å²) in [6, 6.07) is 7.64. The van der Waals surface area contributed by atoms with Gasteiger partial charge in [-0.2, -0.15) is 15.6 Å². The number of thiophene rings is 1. The summed E-state index contributed by atoms with van der Waals surface area (Å²) in [4.78, 5) is 23.9. The molecule has 0 radical (unpaired) electrons. The van der Waals surface area contributed by atoms with E-state index in [0.29, 0.717) is 36.2 Å². The van der Waals surface area contributed by atoms with Crippen LogP contribution in [0.2, 0.25) is 0 Å². The number of hydrogen-bond acceptors (Lipinski definition) is 6. The number of esters is 1. The van der Waals surface area contributed by atoms with E-state index < -0.39 is 28.5 Å². The Morgan fingerprint density at radius 2 is 1.79 bits per heavy atom. The Bertz CT molecular complexity index is 945. The summed E-state index contributed by atoms with van der Waals surface area (Å²) >= 11 is 1.36. The number of hydrogen-bond donors (Lipinski definition) is 1. The van der Waals surface area contributed by atoms with Crippen LogP contribution in [-0.2, 0) is 19.6 Å². The van der Waals surface area contributed by atoms with Gasteiger partial charge in [0.25, 0.3) is 5.91 Å². The zero-order valence-corrected chi connectivity index (χ0v) is 18.0. The van der Waals surface area contributed by atoms with E-state index in [2.05, 4.69) is 19.2 Å². The predicted molar refractivity (Wildman–Crippen MR) is 111 cm³/mol. The van der Waals surface area contributed by atoms with E-state index in [1.807, 2.05) is 0 Å². The second-order valence-electron chi connectivity index (χ2n) is 7.43. The summed E-state index contributed by atoms with van der Waals surface area (Å²) in [5, 5.41) is 5.98. The molecule has 9 heteroatoms. The number of nitrogens with zero attached hydrogens (tertiary/aromatic N) is 1. The first-order chi connectivity index (χ1) is 13.8. The van der Waals surface area contributed by atoms with Crippen LogP contribution in [0, 0.1) is 11.8 Å². The lowest BCUT2D eigenvalue weighted by molar-refractivity contribution is -0.119. The quantitative estimate of drug-likeness (QED) is 0.702. The maximum Gasteiger partial charge on any atom is 0.339 e. The Kier molecular flexibility index (Phi) is 6.71. The van der Waals surface area contributed by atoms with Crippen molar-refractivity contribution in [1.29, 1.82) is 0 Å². The molecule has 2 atom stereocenters. The zero-order chi connectivity index (χ0) is 21.0. The lowest BCUT2D eigenvalue weighted by Crippen LogP contribution is -2.42. The van der Waals surface area contributed by atoms with Crippen molar-refractivity contribution in [2.24, 2.45) is 11.8 Å². The van der Waals surface area contributed by atoms with Gasteiger partial charge in [0.15, 0.2) is 6.61 Å². The number of piperidine rings is 1. The number of nitrogens with one attached hydrogen (secondary N) is 1. The van der Waals surface area contributed by atoms with E-state index in [-0.39, 0.29) is 4.90 Å². The van der Waals surface area contributed by atoms with Crippen LogP contribution in [0.1, 0.15) is 30.6 Å². The minimum absolute atomic E-state index is 0.195. The van der Waals surface area contributed by atoms with E-state index in [9.17, 15) is 18.0 Å². The highest BCUT2D eigenvalue weighted by Crippen LogP contribution is 2.27. The standard InChI is InChI=1S/C20H24N2O5S2/c1-14-9-15(2)11-22(10-14)29(25,26)18-5-3-17(4-6-18)21-19(23)12-27-20(24)16-7-8-28-13-16/h3-8,13-15H,9-12H2,1-2H3,(H,21,23). The molecule has 2 heterocycles. The van der Waals surface area contributed by atoms with Gasteiger partial charge in [-0.05, 0) is 54.0 Å². The average molecular weight is 437 g/mol. The van der Waals surface area contributed by atoms with Gasteiger partial charge in [-0.1, -0.05) is 13.8 Å². The molecule has 29 heavy (non-hydrogen) atoms. The van der Waals surface area contributed by atoms with E-state index in [0.717, 1.165) is 6.42 Å². The number of benzene rings is 1. The fraction of sp³-hybridized carbons (Fsp3) is 0.400. The third-order valence-corrected chi connectivity index (χ3v) is 7.23. The molecule has 0 aliphatic carbocycles. The van der Waals surface area contributed by atoms with Gasteiger partial charge in [0, 0.05) is 24.2 Å². The van der Waals surface area contributed by atoms with Crippen molar-refractivity contribution >= 4 is 38.9 Å². The van der Waals surface area contributed by atoms with E-state index in [1.165, 1.54) is 39.9 Å². The summed E-state index contributed by atoms with van der Waals surface area (Å²) in [7, 11) is -3.57. The summed E-state index contributed by atoms with van der Waals surface area (Å²) in [6.07, 6.45) is 1.02. The Balaban J connectivity index is 1.58. The number of carbonyl (C=O) groups is 2. The first kappa shape index (κ1) is 21.5. The van der Waals surface area contributed by atoms with Crippen molar-refractivity contribution in [3.8, 4) is 0 Å². The number of amides is 1. The fourth-order valence-corrected chi connectivity index (χ4v) is 5.76. The van der Waals surface area contributed by atoms with Crippen molar-refractivity contribution in [2.75, 3.05) is 25.0 Å². The van der Waals surface area contributed by atoms with Crippen molar-refractivity contribution in [1.82, 2.24) is 4.31 Å². The predicted octanol–water partition coefficient (Wildman–Crippen LogP) is 3.21. The topological polar surface area (TPSA) is 92.8 Å². The highest BCUT2D eigenvalue weighted by molar-refractivity contribution is 7.89. The smallest absolute Gasteiger partial charge is 0.339 e. The van der Waals surface area contributed by atoms with Gasteiger partial charge < -0.3 is 10.1 Å². The molecule has 1 aromatic carbocycles. The lowest BCUT2D eigenvalue weighted by atomic mass is 9.94. The normalized spacial score (nSPS) is 20.2. The van der Waals surface area contributed by atoms with Crippen LogP contribution in [0.5, 0.6) is 0 Å². The Morgan fingerprint density at radius 3 is 2.38 bits per heavy atom. The summed E-state index contributed by atoms with van der Waals surface area (Å²) in [5.74, 6) is -0.413. The second-order valence-corrected chi connectivity index (χ2v) is 10.1. The molecule has 1 aromatic heterocycles. The molecule has 1 aliphatic rings. The first-order valence-electron chi connectivity index (χ1n) is 9.35. The second kappa shape index (κ2) is 9.06. The van der Waals surface area contributed by atoms with Crippen LogP contribution in [0.25, 0.3) is 0 Å². The zero-order valence-electron chi connectivity index (χ0n) is 16.3. The minimum atomic E-state index is -3.57. The number of sulfonamides is 1. The number of rotatable bonds is 6. The number of ether oxygens (including phenoxy) is 1.